The van der Waals surface area contributed by atoms with Crippen LogP contribution in [0.25, 0.3) is 0 Å². The third-order valence-corrected chi connectivity index (χ3v) is 1.97. The lowest BCUT2D eigenvalue weighted by atomic mass is 10.0. The highest BCUT2D eigenvalue weighted by Crippen LogP contribution is 2.19. The minimum absolute atomic E-state index is 0.264. The van der Waals surface area contributed by atoms with E-state index in [1.807, 2.05) is 0 Å². The lowest BCUT2D eigenvalue weighted by Crippen LogP contribution is -2.25. The van der Waals surface area contributed by atoms with E-state index in [0.717, 1.165) is 5.56 Å². The van der Waals surface area contributed by atoms with Gasteiger partial charge >= 0.3 is 0 Å². The third kappa shape index (κ3) is 2.26. The Morgan fingerprint density at radius 1 is 1.46 bits per heavy atom. The van der Waals surface area contributed by atoms with E-state index in [1.165, 1.54) is 6.07 Å². The fourth-order valence-electron chi connectivity index (χ4n) is 1.16. The maximum absolute atomic E-state index is 13.2. The summed E-state index contributed by atoms with van der Waals surface area (Å²) >= 11 is 0. The average molecular weight is 183 g/mol. The van der Waals surface area contributed by atoms with Crippen LogP contribution in [-0.4, -0.2) is 11.1 Å². The zero-order chi connectivity index (χ0) is 10.0. The maximum Gasteiger partial charge on any atom is 0.129 e. The number of aliphatic hydroxyl groups is 1. The highest BCUT2D eigenvalue weighted by Gasteiger charge is 2.16. The molecule has 1 aromatic carbocycles. The molecule has 0 fully saturated rings. The molecule has 0 radical (unpaired) electrons. The number of rotatable bonds is 2. The minimum atomic E-state index is -0.930. The Morgan fingerprint density at radius 2 is 2.08 bits per heavy atom. The highest BCUT2D eigenvalue weighted by molar-refractivity contribution is 5.25. The van der Waals surface area contributed by atoms with Gasteiger partial charge in [0.1, 0.15) is 5.82 Å². The fourth-order valence-corrected chi connectivity index (χ4v) is 1.16. The third-order valence-electron chi connectivity index (χ3n) is 1.97. The molecule has 0 bridgehead atoms. The minimum Gasteiger partial charge on any atom is -0.387 e. The van der Waals surface area contributed by atoms with Gasteiger partial charge in [-0.15, -0.1) is 0 Å². The second-order valence-corrected chi connectivity index (χ2v) is 3.33. The van der Waals surface area contributed by atoms with E-state index in [-0.39, 0.29) is 5.56 Å². The normalized spacial score (nSPS) is 15.5. The van der Waals surface area contributed by atoms with Gasteiger partial charge in [-0.3, -0.25) is 0 Å². The number of hydrogen-bond donors (Lipinski definition) is 2. The van der Waals surface area contributed by atoms with Crippen LogP contribution < -0.4 is 5.73 Å². The number of aliphatic hydroxyl groups excluding tert-OH is 1. The second-order valence-electron chi connectivity index (χ2n) is 3.33. The van der Waals surface area contributed by atoms with Crippen LogP contribution in [0.15, 0.2) is 18.2 Å². The van der Waals surface area contributed by atoms with Gasteiger partial charge in [-0.1, -0.05) is 12.1 Å². The molecule has 2 unspecified atom stereocenters. The van der Waals surface area contributed by atoms with E-state index in [2.05, 4.69) is 0 Å². The van der Waals surface area contributed by atoms with E-state index in [1.54, 1.807) is 26.0 Å². The summed E-state index contributed by atoms with van der Waals surface area (Å²) in [6.45, 7) is 3.44. The van der Waals surface area contributed by atoms with Crippen molar-refractivity contribution in [1.29, 1.82) is 0 Å². The molecule has 2 atom stereocenters. The van der Waals surface area contributed by atoms with E-state index in [4.69, 9.17) is 5.73 Å². The molecule has 13 heavy (non-hydrogen) atoms. The first-order valence-corrected chi connectivity index (χ1v) is 4.22. The van der Waals surface area contributed by atoms with E-state index in [9.17, 15) is 9.50 Å². The molecule has 1 aromatic rings. The molecule has 1 rings (SSSR count). The van der Waals surface area contributed by atoms with Crippen LogP contribution in [-0.2, 0) is 0 Å². The van der Waals surface area contributed by atoms with Gasteiger partial charge in [0.25, 0.3) is 0 Å². The van der Waals surface area contributed by atoms with Gasteiger partial charge in [0, 0.05) is 11.6 Å². The van der Waals surface area contributed by atoms with Crippen LogP contribution in [0.4, 0.5) is 4.39 Å². The van der Waals surface area contributed by atoms with Crippen LogP contribution in [0.2, 0.25) is 0 Å². The Labute approximate surface area is 77.2 Å². The molecule has 0 amide bonds. The summed E-state index contributed by atoms with van der Waals surface area (Å²) < 4.78 is 13.2. The lowest BCUT2D eigenvalue weighted by Gasteiger charge is -2.15. The molecular weight excluding hydrogens is 169 g/mol. The van der Waals surface area contributed by atoms with Crippen LogP contribution in [0.5, 0.6) is 0 Å². The first-order valence-electron chi connectivity index (χ1n) is 4.22. The van der Waals surface area contributed by atoms with Crippen LogP contribution in [0.3, 0.4) is 0 Å². The summed E-state index contributed by atoms with van der Waals surface area (Å²) in [5.41, 5.74) is 6.55. The maximum atomic E-state index is 13.2. The molecule has 0 heterocycles. The Bertz CT molecular complexity index is 299. The summed E-state index contributed by atoms with van der Waals surface area (Å²) in [4.78, 5) is 0. The summed E-state index contributed by atoms with van der Waals surface area (Å²) in [5, 5.41) is 9.50. The van der Waals surface area contributed by atoms with Gasteiger partial charge in [0.2, 0.25) is 0 Å². The van der Waals surface area contributed by atoms with Crippen LogP contribution in [0.1, 0.15) is 24.2 Å². The van der Waals surface area contributed by atoms with E-state index in [0.29, 0.717) is 0 Å². The molecule has 2 nitrogen and oxygen atoms in total. The fraction of sp³-hybridized carbons (Fsp3) is 0.400. The van der Waals surface area contributed by atoms with Crippen molar-refractivity contribution in [2.75, 3.05) is 0 Å². The molecule has 0 aliphatic rings. The molecule has 0 spiro atoms. The van der Waals surface area contributed by atoms with Gasteiger partial charge < -0.3 is 10.8 Å². The van der Waals surface area contributed by atoms with Crippen LogP contribution >= 0.6 is 0 Å². The Morgan fingerprint density at radius 3 is 2.54 bits per heavy atom. The average Bonchev–Trinajstić information content (AvgIpc) is 2.03. The first kappa shape index (κ1) is 10.2. The van der Waals surface area contributed by atoms with Crippen molar-refractivity contribution in [2.24, 2.45) is 5.73 Å². The molecule has 3 heteroatoms. The molecule has 3 N–H and O–H groups in total. The molecular formula is C10H14FNO. The van der Waals surface area contributed by atoms with Crippen molar-refractivity contribution in [1.82, 2.24) is 0 Å². The summed E-state index contributed by atoms with van der Waals surface area (Å²) in [6, 6.07) is 4.25. The zero-order valence-electron chi connectivity index (χ0n) is 7.79. The van der Waals surface area contributed by atoms with Gasteiger partial charge in [-0.05, 0) is 25.5 Å². The largest absolute Gasteiger partial charge is 0.387 e. The number of hydrogen-bond acceptors (Lipinski definition) is 2. The molecule has 0 aliphatic carbocycles. The zero-order valence-corrected chi connectivity index (χ0v) is 7.79. The number of aryl methyl sites for hydroxylation is 1. The molecule has 72 valence electrons. The lowest BCUT2D eigenvalue weighted by molar-refractivity contribution is 0.149. The van der Waals surface area contributed by atoms with Crippen molar-refractivity contribution in [3.63, 3.8) is 0 Å². The number of halogens is 1. The van der Waals surface area contributed by atoms with Gasteiger partial charge in [0.05, 0.1) is 6.10 Å². The molecule has 0 aliphatic heterocycles. The second kappa shape index (κ2) is 3.85. The molecule has 0 saturated heterocycles. The van der Waals surface area contributed by atoms with Crippen molar-refractivity contribution < 1.29 is 9.50 Å². The van der Waals surface area contributed by atoms with Crippen molar-refractivity contribution in [2.45, 2.75) is 26.0 Å². The SMILES string of the molecule is Cc1ccc(C(O)C(C)N)c(F)c1. The Hall–Kier alpha value is -0.930. The Kier molecular flexibility index (Phi) is 3.01. The van der Waals surface area contributed by atoms with E-state index >= 15 is 0 Å². The molecule has 0 aromatic heterocycles. The number of benzene rings is 1. The van der Waals surface area contributed by atoms with Crippen LogP contribution in [0, 0.1) is 12.7 Å². The summed E-state index contributed by atoms with van der Waals surface area (Å²) in [7, 11) is 0. The summed E-state index contributed by atoms with van der Waals surface area (Å²) in [6.07, 6.45) is -0.930. The van der Waals surface area contributed by atoms with E-state index < -0.39 is 18.0 Å². The van der Waals surface area contributed by atoms with Crippen molar-refractivity contribution >= 4 is 0 Å². The quantitative estimate of drug-likeness (QED) is 0.730. The Balaban J connectivity index is 3.01. The van der Waals surface area contributed by atoms with Crippen molar-refractivity contribution in [3.05, 3.63) is 35.1 Å². The van der Waals surface area contributed by atoms with Gasteiger partial charge in [-0.2, -0.15) is 0 Å². The predicted molar refractivity (Wildman–Crippen MR) is 49.7 cm³/mol. The predicted octanol–water partition coefficient (Wildman–Crippen LogP) is 1.51. The number of nitrogens with two attached hydrogens (primary N) is 1. The van der Waals surface area contributed by atoms with Gasteiger partial charge in [-0.25, -0.2) is 4.39 Å². The van der Waals surface area contributed by atoms with Gasteiger partial charge in [0.15, 0.2) is 0 Å². The highest BCUT2D eigenvalue weighted by atomic mass is 19.1. The topological polar surface area (TPSA) is 46.2 Å². The first-order chi connectivity index (χ1) is 6.02. The monoisotopic (exact) mass is 183 g/mol. The molecule has 0 saturated carbocycles. The standard InChI is InChI=1S/C10H14FNO/c1-6-3-4-8(9(11)5-6)10(13)7(2)12/h3-5,7,10,13H,12H2,1-2H3. The van der Waals surface area contributed by atoms with Crippen molar-refractivity contribution in [3.8, 4) is 0 Å². The summed E-state index contributed by atoms with van der Waals surface area (Å²) in [5.74, 6) is -0.398. The smallest absolute Gasteiger partial charge is 0.129 e.